The van der Waals surface area contributed by atoms with Gasteiger partial charge in [-0.3, -0.25) is 9.59 Å². The zero-order valence-corrected chi connectivity index (χ0v) is 19.4. The molecule has 32 heavy (non-hydrogen) atoms. The first kappa shape index (κ1) is 22.3. The van der Waals surface area contributed by atoms with Gasteiger partial charge in [0.1, 0.15) is 4.88 Å². The van der Waals surface area contributed by atoms with E-state index in [-0.39, 0.29) is 29.6 Å². The van der Waals surface area contributed by atoms with Gasteiger partial charge in [-0.1, -0.05) is 30.0 Å². The number of aromatic nitrogens is 1. The summed E-state index contributed by atoms with van der Waals surface area (Å²) in [7, 11) is 0. The highest BCUT2D eigenvalue weighted by Gasteiger charge is 2.25. The van der Waals surface area contributed by atoms with Crippen LogP contribution in [0.25, 0.3) is 10.9 Å². The van der Waals surface area contributed by atoms with E-state index < -0.39 is 0 Å². The number of aryl methyl sites for hydroxylation is 1. The summed E-state index contributed by atoms with van der Waals surface area (Å²) in [6.45, 7) is 3.86. The summed E-state index contributed by atoms with van der Waals surface area (Å²) < 4.78 is 5.04. The lowest BCUT2D eigenvalue weighted by Crippen LogP contribution is -2.25. The van der Waals surface area contributed by atoms with Crippen molar-refractivity contribution in [3.05, 3.63) is 52.4 Å². The van der Waals surface area contributed by atoms with E-state index >= 15 is 0 Å². The number of esters is 1. The normalized spacial score (nSPS) is 13.1. The van der Waals surface area contributed by atoms with E-state index in [9.17, 15) is 14.4 Å². The third-order valence-electron chi connectivity index (χ3n) is 4.84. The maximum atomic E-state index is 12.7. The molecule has 0 radical (unpaired) electrons. The van der Waals surface area contributed by atoms with E-state index in [4.69, 9.17) is 4.74 Å². The fourth-order valence-electron chi connectivity index (χ4n) is 3.16. The number of pyridine rings is 1. The number of carbonyl (C=O) groups is 3. The Bertz CT molecular complexity index is 1190. The molecule has 3 aromatic rings. The van der Waals surface area contributed by atoms with E-state index in [1.807, 2.05) is 24.3 Å². The van der Waals surface area contributed by atoms with Crippen LogP contribution in [0.2, 0.25) is 0 Å². The first-order valence-electron chi connectivity index (χ1n) is 10.4. The molecular weight excluding hydrogens is 446 g/mol. The Morgan fingerprint density at radius 2 is 2.00 bits per heavy atom. The zero-order chi connectivity index (χ0) is 22.7. The lowest BCUT2D eigenvalue weighted by Gasteiger charge is -2.10. The molecule has 166 valence electrons. The van der Waals surface area contributed by atoms with Gasteiger partial charge >= 0.3 is 5.97 Å². The Hall–Kier alpha value is -2.91. The minimum absolute atomic E-state index is 0.113. The molecule has 4 rings (SSSR count). The number of hydrogen-bond donors (Lipinski definition) is 2. The molecule has 0 aliphatic heterocycles. The Kier molecular flexibility index (Phi) is 6.76. The highest BCUT2D eigenvalue weighted by atomic mass is 32.2. The van der Waals surface area contributed by atoms with Gasteiger partial charge in [0, 0.05) is 11.4 Å². The summed E-state index contributed by atoms with van der Waals surface area (Å²) in [6, 6.07) is 11.3. The third kappa shape index (κ3) is 5.28. The van der Waals surface area contributed by atoms with Crippen LogP contribution in [0.3, 0.4) is 0 Å². The minimum atomic E-state index is -0.387. The van der Waals surface area contributed by atoms with Crippen molar-refractivity contribution in [3.63, 3.8) is 0 Å². The van der Waals surface area contributed by atoms with Gasteiger partial charge in [-0.05, 0) is 50.5 Å². The molecule has 0 bridgehead atoms. The van der Waals surface area contributed by atoms with Crippen LogP contribution in [0.5, 0.6) is 0 Å². The maximum Gasteiger partial charge on any atom is 0.348 e. The Labute approximate surface area is 193 Å². The summed E-state index contributed by atoms with van der Waals surface area (Å²) in [5.41, 5.74) is 2.05. The molecule has 7 nitrogen and oxygen atoms in total. The van der Waals surface area contributed by atoms with Crippen molar-refractivity contribution >= 4 is 56.8 Å². The molecule has 0 spiro atoms. The highest BCUT2D eigenvalue weighted by molar-refractivity contribution is 7.99. The van der Waals surface area contributed by atoms with Crippen molar-refractivity contribution < 1.29 is 19.1 Å². The van der Waals surface area contributed by atoms with Crippen LogP contribution in [0.1, 0.15) is 45.4 Å². The maximum absolute atomic E-state index is 12.7. The van der Waals surface area contributed by atoms with Crippen LogP contribution in [-0.2, 0) is 9.53 Å². The number of benzene rings is 1. The summed E-state index contributed by atoms with van der Waals surface area (Å²) in [6.07, 6.45) is 2.02. The number of para-hydroxylation sites is 1. The summed E-state index contributed by atoms with van der Waals surface area (Å²) in [5, 5.41) is 7.83. The van der Waals surface area contributed by atoms with Crippen LogP contribution >= 0.6 is 23.1 Å². The average molecular weight is 470 g/mol. The number of hydrogen-bond acceptors (Lipinski definition) is 7. The second kappa shape index (κ2) is 9.70. The lowest BCUT2D eigenvalue weighted by atomic mass is 10.1. The molecule has 0 unspecified atom stereocenters. The zero-order valence-electron chi connectivity index (χ0n) is 17.8. The van der Waals surface area contributed by atoms with Crippen LogP contribution in [0.4, 0.5) is 5.00 Å². The molecule has 1 fully saturated rings. The number of thioether (sulfide) groups is 1. The molecule has 0 saturated heterocycles. The van der Waals surface area contributed by atoms with Gasteiger partial charge in [0.25, 0.3) is 5.91 Å². The second-order valence-corrected chi connectivity index (χ2v) is 9.50. The predicted octanol–water partition coefficient (Wildman–Crippen LogP) is 4.40. The number of nitrogens with one attached hydrogen (secondary N) is 2. The number of nitrogens with zero attached hydrogens (tertiary/aromatic N) is 1. The molecule has 1 aliphatic rings. The van der Waals surface area contributed by atoms with Gasteiger partial charge in [-0.2, -0.15) is 0 Å². The van der Waals surface area contributed by atoms with Gasteiger partial charge in [-0.25, -0.2) is 9.78 Å². The van der Waals surface area contributed by atoms with Crippen LogP contribution < -0.4 is 10.6 Å². The predicted molar refractivity (Wildman–Crippen MR) is 127 cm³/mol. The summed E-state index contributed by atoms with van der Waals surface area (Å²) in [4.78, 5) is 42.3. The smallest absolute Gasteiger partial charge is 0.348 e. The van der Waals surface area contributed by atoms with E-state index in [2.05, 4.69) is 15.6 Å². The largest absolute Gasteiger partial charge is 0.462 e. The highest BCUT2D eigenvalue weighted by Crippen LogP contribution is 2.29. The number of thiophene rings is 1. The number of amides is 2. The number of ether oxygens (including phenoxy) is 1. The van der Waals surface area contributed by atoms with Gasteiger partial charge in [0.05, 0.1) is 33.5 Å². The fourth-order valence-corrected chi connectivity index (χ4v) is 4.86. The van der Waals surface area contributed by atoms with Crippen molar-refractivity contribution in [1.82, 2.24) is 10.3 Å². The third-order valence-corrected chi connectivity index (χ3v) is 6.89. The minimum Gasteiger partial charge on any atom is -0.462 e. The molecule has 2 heterocycles. The van der Waals surface area contributed by atoms with Crippen molar-refractivity contribution in [3.8, 4) is 0 Å². The van der Waals surface area contributed by atoms with E-state index in [1.165, 1.54) is 23.1 Å². The SMILES string of the molecule is CCOC(=O)c1sc(NC(=O)CSc2cc(C(=O)NC3CC3)c3ccccc3n2)cc1C. The molecule has 1 aromatic carbocycles. The van der Waals surface area contributed by atoms with E-state index in [1.54, 1.807) is 26.0 Å². The van der Waals surface area contributed by atoms with Crippen LogP contribution in [0.15, 0.2) is 41.4 Å². The standard InChI is InChI=1S/C23H23N3O4S2/c1-3-30-23(29)21-13(2)10-20(32-21)26-18(27)12-31-19-11-16(22(28)24-14-8-9-14)15-6-4-5-7-17(15)25-19/h4-7,10-11,14H,3,8-9,12H2,1-2H3,(H,24,28)(H,26,27). The Morgan fingerprint density at radius 1 is 1.22 bits per heavy atom. The number of rotatable bonds is 8. The number of carbonyl (C=O) groups excluding carboxylic acids is 3. The molecule has 0 atom stereocenters. The van der Waals surface area contributed by atoms with Crippen LogP contribution in [-0.4, -0.2) is 41.2 Å². The second-order valence-electron chi connectivity index (χ2n) is 7.45. The monoisotopic (exact) mass is 469 g/mol. The Balaban J connectivity index is 1.44. The molecule has 1 saturated carbocycles. The quantitative estimate of drug-likeness (QED) is 0.375. The summed E-state index contributed by atoms with van der Waals surface area (Å²) in [5.74, 6) is -0.591. The molecule has 2 N–H and O–H groups in total. The number of fused-ring (bicyclic) bond motifs is 1. The van der Waals surface area contributed by atoms with Crippen molar-refractivity contribution in [1.29, 1.82) is 0 Å². The molecular formula is C23H23N3O4S2. The molecule has 1 aliphatic carbocycles. The first-order valence-corrected chi connectivity index (χ1v) is 12.2. The fraction of sp³-hybridized carbons (Fsp3) is 0.304. The van der Waals surface area contributed by atoms with Gasteiger partial charge in [0.2, 0.25) is 5.91 Å². The first-order chi connectivity index (χ1) is 15.4. The average Bonchev–Trinajstić information content (AvgIpc) is 3.51. The van der Waals surface area contributed by atoms with Gasteiger partial charge in [0.15, 0.2) is 0 Å². The molecule has 2 aromatic heterocycles. The van der Waals surface area contributed by atoms with Gasteiger partial charge < -0.3 is 15.4 Å². The van der Waals surface area contributed by atoms with Crippen LogP contribution in [0, 0.1) is 6.92 Å². The van der Waals surface area contributed by atoms with E-state index in [0.717, 1.165) is 23.8 Å². The lowest BCUT2D eigenvalue weighted by molar-refractivity contribution is -0.113. The van der Waals surface area contributed by atoms with Crippen molar-refractivity contribution in [2.75, 3.05) is 17.7 Å². The molecule has 2 amide bonds. The van der Waals surface area contributed by atoms with E-state index in [0.29, 0.717) is 32.6 Å². The van der Waals surface area contributed by atoms with Crippen molar-refractivity contribution in [2.24, 2.45) is 0 Å². The summed E-state index contributed by atoms with van der Waals surface area (Å²) >= 11 is 2.46. The van der Waals surface area contributed by atoms with Gasteiger partial charge in [-0.15, -0.1) is 11.3 Å². The van der Waals surface area contributed by atoms with Crippen molar-refractivity contribution in [2.45, 2.75) is 37.8 Å². The topological polar surface area (TPSA) is 97.4 Å². The Morgan fingerprint density at radius 3 is 2.75 bits per heavy atom. The number of anilines is 1. The molecule has 9 heteroatoms.